The number of anilines is 1. The summed E-state index contributed by atoms with van der Waals surface area (Å²) in [6.07, 6.45) is 1.41. The molecule has 4 N–H and O–H groups in total. The smallest absolute Gasteiger partial charge is 0.276 e. The molecule has 2 atom stereocenters. The van der Waals surface area contributed by atoms with Crippen molar-refractivity contribution >= 4 is 90.7 Å². The molecule has 1 unspecified atom stereocenters. The van der Waals surface area contributed by atoms with E-state index in [1.807, 2.05) is 0 Å². The molecular formula is C19H13N5O6S4. The lowest BCUT2D eigenvalue weighted by atomic mass is 10.0. The fourth-order valence-corrected chi connectivity index (χ4v) is 6.97. The quantitative estimate of drug-likeness (QED) is 0.124. The standard InChI is InChI=1S/C19H13N5O6S4/c20-19-21-7(5-33-19)11(23-29)15(26)22-12-16(27)24-13(18(28)31)6(4-32-17(12)24)10-3-8(25)14-9(34-10)1-2-30-14/h1-3,5,12,17,29H,4H2,(H2,20,21)(H,22,26)(H,28,31)/t12?,17-/m1/s1. The van der Waals surface area contributed by atoms with Gasteiger partial charge in [0.15, 0.2) is 16.4 Å². The number of furan rings is 1. The summed E-state index contributed by atoms with van der Waals surface area (Å²) in [5, 5.41) is 15.2. The number of thiazole rings is 1. The third kappa shape index (κ3) is 3.60. The highest BCUT2D eigenvalue weighted by Crippen LogP contribution is 2.44. The van der Waals surface area contributed by atoms with Crippen LogP contribution in [0.5, 0.6) is 0 Å². The molecule has 15 heteroatoms. The molecule has 34 heavy (non-hydrogen) atoms. The van der Waals surface area contributed by atoms with E-state index in [1.165, 1.54) is 45.7 Å². The Bertz CT molecular complexity index is 1490. The molecule has 2 amide bonds. The van der Waals surface area contributed by atoms with E-state index in [0.717, 1.165) is 11.3 Å². The van der Waals surface area contributed by atoms with Crippen molar-refractivity contribution < 1.29 is 24.0 Å². The Labute approximate surface area is 207 Å². The van der Waals surface area contributed by atoms with Gasteiger partial charge >= 0.3 is 0 Å². The van der Waals surface area contributed by atoms with Crippen molar-refractivity contribution in [1.29, 1.82) is 0 Å². The number of carbonyl (C=O) groups is 3. The number of carbonyl (C=O) groups excluding carboxylic acids is 3. The predicted octanol–water partition coefficient (Wildman–Crippen LogP) is 1.34. The molecule has 5 rings (SSSR count). The van der Waals surface area contributed by atoms with Crippen molar-refractivity contribution in [2.75, 3.05) is 11.5 Å². The molecule has 11 nitrogen and oxygen atoms in total. The van der Waals surface area contributed by atoms with Gasteiger partial charge in [-0.15, -0.1) is 34.4 Å². The number of nitrogens with one attached hydrogen (secondary N) is 1. The van der Waals surface area contributed by atoms with Gasteiger partial charge in [-0.2, -0.15) is 0 Å². The number of hydrogen-bond donors (Lipinski definition) is 4. The van der Waals surface area contributed by atoms with E-state index in [4.69, 9.17) is 10.2 Å². The zero-order valence-electron chi connectivity index (χ0n) is 16.8. The molecule has 3 aromatic rings. The van der Waals surface area contributed by atoms with E-state index < -0.39 is 28.3 Å². The van der Waals surface area contributed by atoms with Gasteiger partial charge in [0.2, 0.25) is 10.5 Å². The van der Waals surface area contributed by atoms with E-state index in [0.29, 0.717) is 20.9 Å². The van der Waals surface area contributed by atoms with Crippen LogP contribution in [0.1, 0.15) is 10.6 Å². The first-order valence-electron chi connectivity index (χ1n) is 9.47. The third-order valence-electron chi connectivity index (χ3n) is 5.17. The molecule has 0 spiro atoms. The summed E-state index contributed by atoms with van der Waals surface area (Å²) in [4.78, 5) is 56.2. The van der Waals surface area contributed by atoms with Crippen LogP contribution in [0, 0.1) is 0 Å². The number of fused-ring (bicyclic) bond motifs is 2. The first-order valence-corrected chi connectivity index (χ1v) is 12.7. The maximum Gasteiger partial charge on any atom is 0.276 e. The summed E-state index contributed by atoms with van der Waals surface area (Å²) < 4.78 is 5.81. The molecule has 1 fully saturated rings. The van der Waals surface area contributed by atoms with Crippen molar-refractivity contribution in [3.05, 3.63) is 50.3 Å². The van der Waals surface area contributed by atoms with Crippen molar-refractivity contribution in [1.82, 2.24) is 15.2 Å². The van der Waals surface area contributed by atoms with E-state index in [-0.39, 0.29) is 33.2 Å². The number of hydrogen-bond acceptors (Lipinski definition) is 12. The van der Waals surface area contributed by atoms with Crippen molar-refractivity contribution in [3.8, 4) is 0 Å². The molecule has 2 aliphatic heterocycles. The van der Waals surface area contributed by atoms with Crippen LogP contribution in [0.25, 0.3) is 15.9 Å². The van der Waals surface area contributed by atoms with Crippen LogP contribution in [-0.4, -0.2) is 54.9 Å². The van der Waals surface area contributed by atoms with E-state index >= 15 is 0 Å². The van der Waals surface area contributed by atoms with E-state index in [9.17, 15) is 24.4 Å². The molecule has 5 heterocycles. The van der Waals surface area contributed by atoms with Gasteiger partial charge in [-0.05, 0) is 6.07 Å². The fraction of sp³-hybridized carbons (Fsp3) is 0.158. The number of thioether (sulfide) groups is 1. The Morgan fingerprint density at radius 3 is 2.85 bits per heavy atom. The van der Waals surface area contributed by atoms with Crippen molar-refractivity contribution in [3.63, 3.8) is 0 Å². The first-order chi connectivity index (χ1) is 16.3. The number of nitrogen functional groups attached to an aromatic ring is 1. The van der Waals surface area contributed by atoms with Gasteiger partial charge in [0, 0.05) is 27.6 Å². The normalized spacial score (nSPS) is 20.3. The zero-order chi connectivity index (χ0) is 24.1. The molecule has 174 valence electrons. The number of nitrogens with zero attached hydrogens (tertiary/aromatic N) is 3. The van der Waals surface area contributed by atoms with Gasteiger partial charge in [0.05, 0.1) is 11.0 Å². The minimum atomic E-state index is -0.968. The maximum atomic E-state index is 13.0. The first kappa shape index (κ1) is 22.6. The molecule has 0 radical (unpaired) electrons. The highest BCUT2D eigenvalue weighted by atomic mass is 32.2. The Kier molecular flexibility index (Phi) is 5.71. The van der Waals surface area contributed by atoms with Gasteiger partial charge in [-0.3, -0.25) is 24.1 Å². The molecule has 0 saturated carbocycles. The number of β-lactam (4-membered cyclic amide) rings is 1. The lowest BCUT2D eigenvalue weighted by Gasteiger charge is -2.49. The summed E-state index contributed by atoms with van der Waals surface area (Å²) in [5.41, 5.74) is 5.69. The Morgan fingerprint density at radius 1 is 1.38 bits per heavy atom. The minimum absolute atomic E-state index is 0.0596. The van der Waals surface area contributed by atoms with Crippen LogP contribution in [-0.2, 0) is 14.4 Å². The highest BCUT2D eigenvalue weighted by molar-refractivity contribution is 8.00. The summed E-state index contributed by atoms with van der Waals surface area (Å²) in [6, 6.07) is 2.06. The molecule has 0 aliphatic carbocycles. The van der Waals surface area contributed by atoms with Crippen LogP contribution in [0.4, 0.5) is 5.13 Å². The van der Waals surface area contributed by atoms with Crippen LogP contribution < -0.4 is 16.5 Å². The molecule has 0 bridgehead atoms. The largest absolute Gasteiger partial charge is 0.459 e. The summed E-state index contributed by atoms with van der Waals surface area (Å²) >= 11 is 7.60. The van der Waals surface area contributed by atoms with Gasteiger partial charge in [-0.25, -0.2) is 4.98 Å². The van der Waals surface area contributed by atoms with Crippen LogP contribution >= 0.6 is 47.1 Å². The number of oxime groups is 1. The second kappa shape index (κ2) is 8.57. The van der Waals surface area contributed by atoms with Crippen molar-refractivity contribution in [2.45, 2.75) is 11.4 Å². The SMILES string of the molecule is Nc1nc(C(=NO)C(=O)NC2C(=O)N3C(C(=O)S)=C(c4cc(=O)c5occc5s4)CS[C@H]23)cs1. The molecule has 1 saturated heterocycles. The van der Waals surface area contributed by atoms with Gasteiger partial charge in [-0.1, -0.05) is 17.8 Å². The number of nitrogens with two attached hydrogens (primary N) is 1. The third-order valence-corrected chi connectivity index (χ3v) is 8.46. The van der Waals surface area contributed by atoms with Gasteiger partial charge < -0.3 is 20.7 Å². The Morgan fingerprint density at radius 2 is 2.18 bits per heavy atom. The molecule has 0 aromatic carbocycles. The van der Waals surface area contributed by atoms with Crippen LogP contribution in [0.3, 0.4) is 0 Å². The van der Waals surface area contributed by atoms with Crippen LogP contribution in [0.15, 0.2) is 43.8 Å². The number of thiol groups is 1. The number of amides is 2. The average molecular weight is 536 g/mol. The van der Waals surface area contributed by atoms with Crippen LogP contribution in [0.2, 0.25) is 0 Å². The Balaban J connectivity index is 1.44. The monoisotopic (exact) mass is 535 g/mol. The zero-order valence-corrected chi connectivity index (χ0v) is 20.1. The topological polar surface area (TPSA) is 168 Å². The second-order valence-corrected chi connectivity index (χ2v) is 10.6. The fourth-order valence-electron chi connectivity index (χ4n) is 3.67. The maximum absolute atomic E-state index is 13.0. The lowest BCUT2D eigenvalue weighted by Crippen LogP contribution is -2.70. The Hall–Kier alpha value is -3.14. The van der Waals surface area contributed by atoms with Gasteiger partial charge in [0.1, 0.15) is 22.8 Å². The predicted molar refractivity (Wildman–Crippen MR) is 131 cm³/mol. The minimum Gasteiger partial charge on any atom is -0.459 e. The highest BCUT2D eigenvalue weighted by Gasteiger charge is 2.54. The lowest BCUT2D eigenvalue weighted by molar-refractivity contribution is -0.145. The summed E-state index contributed by atoms with van der Waals surface area (Å²) in [7, 11) is 0. The van der Waals surface area contributed by atoms with E-state index in [2.05, 4.69) is 28.1 Å². The van der Waals surface area contributed by atoms with Crippen molar-refractivity contribution in [2.24, 2.45) is 5.16 Å². The second-order valence-electron chi connectivity index (χ2n) is 7.10. The molecule has 3 aromatic heterocycles. The molecule has 2 aliphatic rings. The summed E-state index contributed by atoms with van der Waals surface area (Å²) in [6.45, 7) is 0. The molecular weight excluding hydrogens is 523 g/mol. The average Bonchev–Trinajstić information content (AvgIpc) is 3.46. The summed E-state index contributed by atoms with van der Waals surface area (Å²) in [5.74, 6) is -1.05. The van der Waals surface area contributed by atoms with Gasteiger partial charge in [0.25, 0.3) is 11.8 Å². The van der Waals surface area contributed by atoms with E-state index in [1.54, 1.807) is 6.07 Å². The number of aromatic nitrogens is 1. The number of rotatable bonds is 5.